The summed E-state index contributed by atoms with van der Waals surface area (Å²) in [5.74, 6) is 1.19. The van der Waals surface area contributed by atoms with E-state index >= 15 is 0 Å². The molecule has 51 heavy (non-hydrogen) atoms. The zero-order chi connectivity index (χ0) is 35.9. The zero-order valence-corrected chi connectivity index (χ0v) is 27.2. The average Bonchev–Trinajstić information content (AvgIpc) is 3.79. The topological polar surface area (TPSA) is 217 Å². The minimum atomic E-state index is -1.62. The second-order valence-electron chi connectivity index (χ2n) is 10.9. The number of rotatable bonds is 10. The molecule has 0 saturated carbocycles. The first-order valence-corrected chi connectivity index (χ1v) is 15.5. The summed E-state index contributed by atoms with van der Waals surface area (Å²) >= 11 is 0. The molecule has 3 aliphatic heterocycles. The molecule has 0 unspecified atom stereocenters. The number of fused-ring (bicyclic) bond motifs is 2. The van der Waals surface area contributed by atoms with Gasteiger partial charge < -0.3 is 52.5 Å². The van der Waals surface area contributed by atoms with E-state index in [9.17, 15) is 24.3 Å². The number of benzene rings is 3. The highest BCUT2D eigenvalue weighted by Crippen LogP contribution is 2.36. The van der Waals surface area contributed by atoms with Crippen LogP contribution in [0.3, 0.4) is 0 Å². The van der Waals surface area contributed by atoms with Crippen molar-refractivity contribution >= 4 is 41.3 Å². The molecule has 0 spiro atoms. The van der Waals surface area contributed by atoms with E-state index in [4.69, 9.17) is 47.4 Å². The number of carbonyl (C=O) groups is 4. The van der Waals surface area contributed by atoms with Crippen molar-refractivity contribution in [2.24, 2.45) is 0 Å². The summed E-state index contributed by atoms with van der Waals surface area (Å²) in [5.41, 5.74) is 1.03. The summed E-state index contributed by atoms with van der Waals surface area (Å²) in [7, 11) is 1.24. The van der Waals surface area contributed by atoms with Crippen LogP contribution in [0, 0.1) is 0 Å². The molecule has 0 radical (unpaired) electrons. The van der Waals surface area contributed by atoms with Gasteiger partial charge in [-0.3, -0.25) is 16.0 Å². The Morgan fingerprint density at radius 1 is 0.686 bits per heavy atom. The Hall–Kier alpha value is -5.98. The molecule has 5 atom stereocenters. The van der Waals surface area contributed by atoms with E-state index in [-0.39, 0.29) is 42.8 Å². The normalized spacial score (nSPS) is 21.2. The van der Waals surface area contributed by atoms with Crippen LogP contribution >= 0.6 is 0 Å². The number of aliphatic hydroxyl groups excluding tert-OH is 1. The fourth-order valence-corrected chi connectivity index (χ4v) is 5.28. The van der Waals surface area contributed by atoms with Gasteiger partial charge in [-0.15, -0.1) is 0 Å². The maximum Gasteiger partial charge on any atom is 0.412 e. The lowest BCUT2D eigenvalue weighted by Gasteiger charge is -2.43. The molecule has 18 heteroatoms. The highest BCUT2D eigenvalue weighted by atomic mass is 16.7. The smallest absolute Gasteiger partial charge is 0.412 e. The Labute approximate surface area is 289 Å². The molecular weight excluding hydrogens is 678 g/mol. The van der Waals surface area contributed by atoms with Crippen LogP contribution in [0.15, 0.2) is 60.7 Å². The van der Waals surface area contributed by atoms with Gasteiger partial charge in [0.25, 0.3) is 0 Å². The fraction of sp³-hybridized carbons (Fsp3) is 0.333. The van der Waals surface area contributed by atoms with Gasteiger partial charge in [0.1, 0.15) is 6.10 Å². The number of carbonyl (C=O) groups excluding carboxylic acids is 4. The second kappa shape index (κ2) is 15.7. The highest BCUT2D eigenvalue weighted by Gasteiger charge is 2.53. The lowest BCUT2D eigenvalue weighted by Crippen LogP contribution is -2.63. The van der Waals surface area contributed by atoms with Crippen molar-refractivity contribution in [1.82, 2.24) is 0 Å². The van der Waals surface area contributed by atoms with Crippen LogP contribution in [0.25, 0.3) is 0 Å². The predicted molar refractivity (Wildman–Crippen MR) is 172 cm³/mol. The van der Waals surface area contributed by atoms with Gasteiger partial charge in [0, 0.05) is 36.3 Å². The fourth-order valence-electron chi connectivity index (χ4n) is 5.28. The highest BCUT2D eigenvalue weighted by molar-refractivity contribution is 5.91. The Balaban J connectivity index is 1.22. The number of nitrogens with one attached hydrogen (secondary N) is 3. The zero-order valence-electron chi connectivity index (χ0n) is 27.2. The number of ether oxygens (including phenoxy) is 10. The summed E-state index contributed by atoms with van der Waals surface area (Å²) in [6, 6.07) is 15.0. The molecule has 6 rings (SSSR count). The third kappa shape index (κ3) is 8.26. The standard InChI is InChI=1S/C33H33N3O15/c1-3-43-29(38)17-4-6-18(7-5-17)34-31(39)49-26-25(14-37)48-30(42-2)28(51-33(41)36-20-9-11-22-24(13-20)47-16-45-22)27(26)50-32(40)35-19-8-10-21-23(12-19)46-15-44-21/h4-13,25-28,30,37H,3,14-16H2,1-2H3,(H,34,39)(H,35,40)(H,36,41)/t25-,26-,27+,28+,30+/m1/s1. The van der Waals surface area contributed by atoms with E-state index < -0.39 is 61.6 Å². The lowest BCUT2D eigenvalue weighted by atomic mass is 9.98. The molecule has 0 aliphatic carbocycles. The number of hydrogen-bond acceptors (Lipinski definition) is 15. The minimum absolute atomic E-state index is 0.0101. The quantitative estimate of drug-likeness (QED) is 0.174. The minimum Gasteiger partial charge on any atom is -0.462 e. The van der Waals surface area contributed by atoms with E-state index in [1.807, 2.05) is 0 Å². The van der Waals surface area contributed by atoms with Crippen LogP contribution < -0.4 is 34.9 Å². The predicted octanol–water partition coefficient (Wildman–Crippen LogP) is 3.84. The molecule has 1 saturated heterocycles. The number of methoxy groups -OCH3 is 1. The van der Waals surface area contributed by atoms with Crippen LogP contribution in [-0.4, -0.2) is 94.0 Å². The third-order valence-electron chi connectivity index (χ3n) is 7.61. The number of esters is 1. The first-order chi connectivity index (χ1) is 24.7. The Morgan fingerprint density at radius 3 is 1.71 bits per heavy atom. The molecule has 270 valence electrons. The Morgan fingerprint density at radius 2 is 1.18 bits per heavy atom. The summed E-state index contributed by atoms with van der Waals surface area (Å²) in [6.45, 7) is 1.16. The molecular formula is C33H33N3O15. The van der Waals surface area contributed by atoms with Gasteiger partial charge in [0.2, 0.25) is 13.6 Å². The molecule has 0 bridgehead atoms. The Bertz CT molecular complexity index is 1750. The molecule has 3 heterocycles. The Kier molecular flexibility index (Phi) is 10.7. The van der Waals surface area contributed by atoms with Crippen molar-refractivity contribution in [3.63, 3.8) is 0 Å². The molecule has 1 fully saturated rings. The molecule has 3 aliphatic rings. The van der Waals surface area contributed by atoms with Gasteiger partial charge in [0.05, 0.1) is 18.8 Å². The van der Waals surface area contributed by atoms with Gasteiger partial charge in [-0.25, -0.2) is 19.2 Å². The summed E-state index contributed by atoms with van der Waals surface area (Å²) in [5, 5.41) is 17.8. The maximum atomic E-state index is 13.3. The van der Waals surface area contributed by atoms with Crippen molar-refractivity contribution in [3.8, 4) is 23.0 Å². The van der Waals surface area contributed by atoms with Gasteiger partial charge in [0.15, 0.2) is 47.6 Å². The number of anilines is 3. The molecule has 3 aromatic rings. The molecule has 4 N–H and O–H groups in total. The van der Waals surface area contributed by atoms with Gasteiger partial charge in [-0.2, -0.15) is 0 Å². The van der Waals surface area contributed by atoms with E-state index in [0.717, 1.165) is 0 Å². The van der Waals surface area contributed by atoms with Crippen molar-refractivity contribution in [2.45, 2.75) is 37.6 Å². The monoisotopic (exact) mass is 711 g/mol. The second-order valence-corrected chi connectivity index (χ2v) is 10.9. The molecule has 3 aromatic carbocycles. The maximum absolute atomic E-state index is 13.3. The lowest BCUT2D eigenvalue weighted by molar-refractivity contribution is -0.290. The SMILES string of the molecule is CCOC(=O)c1ccc(NC(=O)O[C@H]2[C@H](OC(=O)Nc3ccc4c(c3)OCO4)[C@H](OC(=O)Nc3ccc4c(c3)OCO4)[C@@H](OC)O[C@@H]2CO)cc1. The first kappa shape index (κ1) is 34.9. The van der Waals surface area contributed by atoms with Gasteiger partial charge in [-0.1, -0.05) is 0 Å². The van der Waals surface area contributed by atoms with Crippen molar-refractivity contribution < 1.29 is 71.7 Å². The van der Waals surface area contributed by atoms with Crippen molar-refractivity contribution in [3.05, 3.63) is 66.2 Å². The van der Waals surface area contributed by atoms with Crippen molar-refractivity contribution in [2.75, 3.05) is 49.9 Å². The molecule has 18 nitrogen and oxygen atoms in total. The number of hydrogen-bond donors (Lipinski definition) is 4. The molecule has 0 aromatic heterocycles. The largest absolute Gasteiger partial charge is 0.462 e. The third-order valence-corrected chi connectivity index (χ3v) is 7.61. The summed E-state index contributed by atoms with van der Waals surface area (Å²) in [4.78, 5) is 51.7. The average molecular weight is 712 g/mol. The van der Waals surface area contributed by atoms with Crippen LogP contribution in [0.5, 0.6) is 23.0 Å². The van der Waals surface area contributed by atoms with Gasteiger partial charge >= 0.3 is 24.2 Å². The van der Waals surface area contributed by atoms with E-state index in [0.29, 0.717) is 23.0 Å². The van der Waals surface area contributed by atoms with E-state index in [1.54, 1.807) is 25.1 Å². The summed E-state index contributed by atoms with van der Waals surface area (Å²) < 4.78 is 54.6. The van der Waals surface area contributed by atoms with Crippen LogP contribution in [-0.2, 0) is 28.4 Å². The number of amides is 3. The molecule has 3 amide bonds. The van der Waals surface area contributed by atoms with Crippen LogP contribution in [0.1, 0.15) is 17.3 Å². The van der Waals surface area contributed by atoms with Crippen LogP contribution in [0.2, 0.25) is 0 Å². The summed E-state index contributed by atoms with van der Waals surface area (Å²) in [6.07, 6.45) is -10.6. The first-order valence-electron chi connectivity index (χ1n) is 15.5. The van der Waals surface area contributed by atoms with Gasteiger partial charge in [-0.05, 0) is 55.5 Å². The van der Waals surface area contributed by atoms with E-state index in [2.05, 4.69) is 16.0 Å². The van der Waals surface area contributed by atoms with E-state index in [1.165, 1.54) is 49.6 Å². The number of aliphatic hydroxyl groups is 1. The van der Waals surface area contributed by atoms with Crippen LogP contribution in [0.4, 0.5) is 31.4 Å². The van der Waals surface area contributed by atoms with Crippen molar-refractivity contribution in [1.29, 1.82) is 0 Å².